The van der Waals surface area contributed by atoms with Crippen molar-refractivity contribution in [1.29, 1.82) is 0 Å². The zero-order chi connectivity index (χ0) is 22.6. The fourth-order valence-electron chi connectivity index (χ4n) is 2.71. The van der Waals surface area contributed by atoms with Crippen LogP contribution in [0.2, 0.25) is 0 Å². The molecule has 0 fully saturated rings. The molecule has 0 bridgehead atoms. The van der Waals surface area contributed by atoms with Crippen molar-refractivity contribution < 1.29 is 29.0 Å². The molecule has 0 aromatic heterocycles. The van der Waals surface area contributed by atoms with E-state index in [2.05, 4.69) is 11.9 Å². The average molecular weight is 425 g/mol. The zero-order valence-electron chi connectivity index (χ0n) is 17.6. The number of ether oxygens (including phenoxy) is 2. The van der Waals surface area contributed by atoms with Crippen LogP contribution in [0.5, 0.6) is 5.75 Å². The molecule has 7 heteroatoms. The third-order valence-electron chi connectivity index (χ3n) is 4.41. The Kier molecular flexibility index (Phi) is 9.29. The molecule has 0 spiro atoms. The van der Waals surface area contributed by atoms with Gasteiger partial charge in [0.15, 0.2) is 0 Å². The Hall–Kier alpha value is -3.61. The van der Waals surface area contributed by atoms with Crippen LogP contribution >= 0.6 is 0 Å². The van der Waals surface area contributed by atoms with E-state index in [1.165, 1.54) is 6.07 Å². The second-order valence-corrected chi connectivity index (χ2v) is 7.01. The summed E-state index contributed by atoms with van der Waals surface area (Å²) >= 11 is 0. The second-order valence-electron chi connectivity index (χ2n) is 7.01. The Balaban J connectivity index is 1.70. The lowest BCUT2D eigenvalue weighted by molar-refractivity contribution is -0.139. The molecule has 7 nitrogen and oxygen atoms in total. The summed E-state index contributed by atoms with van der Waals surface area (Å²) in [5.41, 5.74) is 1.08. The van der Waals surface area contributed by atoms with Gasteiger partial charge < -0.3 is 19.9 Å². The number of hydrogen-bond donors (Lipinski definition) is 2. The molecule has 164 valence electrons. The number of esters is 1. The minimum absolute atomic E-state index is 0.0322. The molecule has 0 unspecified atom stereocenters. The van der Waals surface area contributed by atoms with Gasteiger partial charge in [-0.2, -0.15) is 0 Å². The summed E-state index contributed by atoms with van der Waals surface area (Å²) in [4.78, 5) is 34.9. The monoisotopic (exact) mass is 425 g/mol. The molecule has 2 rings (SSSR count). The topological polar surface area (TPSA) is 102 Å². The van der Waals surface area contributed by atoms with Crippen LogP contribution in [-0.4, -0.2) is 36.2 Å². The SMILES string of the molecule is C=C(C)C(=O)OCCCCCCOc1ccc(C(=O)Nc2ccccc2C(=O)O)cc1. The minimum Gasteiger partial charge on any atom is -0.494 e. The quantitative estimate of drug-likeness (QED) is 0.290. The van der Waals surface area contributed by atoms with E-state index < -0.39 is 11.9 Å². The summed E-state index contributed by atoms with van der Waals surface area (Å²) < 4.78 is 10.7. The lowest BCUT2D eigenvalue weighted by Gasteiger charge is -2.10. The number of para-hydroxylation sites is 1. The predicted molar refractivity (Wildman–Crippen MR) is 118 cm³/mol. The van der Waals surface area contributed by atoms with E-state index >= 15 is 0 Å². The van der Waals surface area contributed by atoms with E-state index in [9.17, 15) is 19.5 Å². The van der Waals surface area contributed by atoms with E-state index in [0.29, 0.717) is 30.1 Å². The first-order valence-corrected chi connectivity index (χ1v) is 10.1. The van der Waals surface area contributed by atoms with Gasteiger partial charge in [-0.05, 0) is 69.0 Å². The zero-order valence-corrected chi connectivity index (χ0v) is 17.6. The minimum atomic E-state index is -1.10. The first kappa shape index (κ1) is 23.7. The molecule has 1 amide bonds. The molecule has 2 N–H and O–H groups in total. The largest absolute Gasteiger partial charge is 0.494 e. The molecular formula is C24H27NO6. The highest BCUT2D eigenvalue weighted by Gasteiger charge is 2.13. The summed E-state index contributed by atoms with van der Waals surface area (Å²) in [5, 5.41) is 11.8. The van der Waals surface area contributed by atoms with Crippen molar-refractivity contribution in [3.05, 3.63) is 71.8 Å². The Bertz CT molecular complexity index is 920. The van der Waals surface area contributed by atoms with E-state index in [1.807, 2.05) is 0 Å². The summed E-state index contributed by atoms with van der Waals surface area (Å²) in [6, 6.07) is 12.9. The van der Waals surface area contributed by atoms with Gasteiger partial charge in [-0.1, -0.05) is 18.7 Å². The first-order chi connectivity index (χ1) is 14.9. The maximum atomic E-state index is 12.4. The summed E-state index contributed by atoms with van der Waals surface area (Å²) in [6.45, 7) is 6.09. The Morgan fingerprint density at radius 1 is 0.935 bits per heavy atom. The van der Waals surface area contributed by atoms with Crippen molar-refractivity contribution in [1.82, 2.24) is 0 Å². The predicted octanol–water partition coefficient (Wildman–Crippen LogP) is 4.70. The number of carboxylic acid groups (broad SMARTS) is 1. The number of carbonyl (C=O) groups excluding carboxylic acids is 2. The van der Waals surface area contributed by atoms with E-state index in [0.717, 1.165) is 25.7 Å². The number of carboxylic acids is 1. The summed E-state index contributed by atoms with van der Waals surface area (Å²) in [7, 11) is 0. The maximum Gasteiger partial charge on any atom is 0.337 e. The van der Waals surface area contributed by atoms with Crippen LogP contribution in [0.15, 0.2) is 60.7 Å². The van der Waals surface area contributed by atoms with Crippen LogP contribution in [-0.2, 0) is 9.53 Å². The molecule has 0 atom stereocenters. The number of carbonyl (C=O) groups is 3. The van der Waals surface area contributed by atoms with Crippen molar-refractivity contribution in [2.45, 2.75) is 32.6 Å². The highest BCUT2D eigenvalue weighted by Crippen LogP contribution is 2.18. The van der Waals surface area contributed by atoms with Crippen LogP contribution in [0.3, 0.4) is 0 Å². The van der Waals surface area contributed by atoms with Gasteiger partial charge >= 0.3 is 11.9 Å². The van der Waals surface area contributed by atoms with Gasteiger partial charge in [-0.25, -0.2) is 9.59 Å². The van der Waals surface area contributed by atoms with Crippen LogP contribution in [0.4, 0.5) is 5.69 Å². The van der Waals surface area contributed by atoms with Crippen molar-refractivity contribution >= 4 is 23.5 Å². The van der Waals surface area contributed by atoms with Gasteiger partial charge in [0.1, 0.15) is 5.75 Å². The Morgan fingerprint density at radius 2 is 1.58 bits per heavy atom. The number of amides is 1. The van der Waals surface area contributed by atoms with E-state index in [1.54, 1.807) is 49.4 Å². The van der Waals surface area contributed by atoms with Crippen molar-refractivity contribution in [3.8, 4) is 5.75 Å². The van der Waals surface area contributed by atoms with Gasteiger partial charge in [0.25, 0.3) is 5.91 Å². The van der Waals surface area contributed by atoms with Crippen LogP contribution in [0.1, 0.15) is 53.3 Å². The molecule has 0 aliphatic rings. The van der Waals surface area contributed by atoms with Gasteiger partial charge in [0, 0.05) is 11.1 Å². The van der Waals surface area contributed by atoms with Crippen LogP contribution in [0, 0.1) is 0 Å². The maximum absolute atomic E-state index is 12.4. The molecule has 0 saturated heterocycles. The number of unbranched alkanes of at least 4 members (excludes halogenated alkanes) is 3. The molecule has 0 aliphatic heterocycles. The lowest BCUT2D eigenvalue weighted by Crippen LogP contribution is -2.14. The third kappa shape index (κ3) is 7.97. The molecule has 0 radical (unpaired) electrons. The number of nitrogens with one attached hydrogen (secondary N) is 1. The number of anilines is 1. The average Bonchev–Trinajstić information content (AvgIpc) is 2.75. The van der Waals surface area contributed by atoms with E-state index in [-0.39, 0.29) is 17.2 Å². The normalized spacial score (nSPS) is 10.2. The Labute approximate surface area is 181 Å². The molecule has 2 aromatic carbocycles. The smallest absolute Gasteiger partial charge is 0.337 e. The Morgan fingerprint density at radius 3 is 2.23 bits per heavy atom. The summed E-state index contributed by atoms with van der Waals surface area (Å²) in [5.74, 6) is -1.20. The number of hydrogen-bond acceptors (Lipinski definition) is 5. The lowest BCUT2D eigenvalue weighted by atomic mass is 10.1. The molecule has 0 saturated carbocycles. The number of rotatable bonds is 12. The molecular weight excluding hydrogens is 398 g/mol. The first-order valence-electron chi connectivity index (χ1n) is 10.1. The molecule has 31 heavy (non-hydrogen) atoms. The number of aromatic carboxylic acids is 1. The van der Waals surface area contributed by atoms with Crippen molar-refractivity contribution in [3.63, 3.8) is 0 Å². The standard InChI is InChI=1S/C24H27NO6/c1-17(2)24(29)31-16-8-4-3-7-15-30-19-13-11-18(12-14-19)22(26)25-21-10-6-5-9-20(21)23(27)28/h5-6,9-14H,1,3-4,7-8,15-16H2,2H3,(H,25,26)(H,27,28). The highest BCUT2D eigenvalue weighted by atomic mass is 16.5. The highest BCUT2D eigenvalue weighted by molar-refractivity contribution is 6.07. The molecule has 0 heterocycles. The third-order valence-corrected chi connectivity index (χ3v) is 4.41. The van der Waals surface area contributed by atoms with Crippen LogP contribution < -0.4 is 10.1 Å². The molecule has 2 aromatic rings. The van der Waals surface area contributed by atoms with Crippen molar-refractivity contribution in [2.75, 3.05) is 18.5 Å². The van der Waals surface area contributed by atoms with E-state index in [4.69, 9.17) is 9.47 Å². The van der Waals surface area contributed by atoms with Crippen molar-refractivity contribution in [2.24, 2.45) is 0 Å². The van der Waals surface area contributed by atoms with Gasteiger partial charge in [-0.3, -0.25) is 4.79 Å². The van der Waals surface area contributed by atoms with Gasteiger partial charge in [-0.15, -0.1) is 0 Å². The second kappa shape index (κ2) is 12.2. The fourth-order valence-corrected chi connectivity index (χ4v) is 2.71. The van der Waals surface area contributed by atoms with Gasteiger partial charge in [0.05, 0.1) is 24.5 Å². The van der Waals surface area contributed by atoms with Crippen LogP contribution in [0.25, 0.3) is 0 Å². The summed E-state index contributed by atoms with van der Waals surface area (Å²) in [6.07, 6.45) is 3.55. The van der Waals surface area contributed by atoms with Gasteiger partial charge in [0.2, 0.25) is 0 Å². The number of benzene rings is 2. The molecule has 0 aliphatic carbocycles. The fraction of sp³-hybridized carbons (Fsp3) is 0.292.